The van der Waals surface area contributed by atoms with Crippen molar-refractivity contribution >= 4 is 15.7 Å². The summed E-state index contributed by atoms with van der Waals surface area (Å²) in [5.41, 5.74) is 0. The van der Waals surface area contributed by atoms with E-state index in [1.54, 1.807) is 0 Å². The Balaban J connectivity index is 1.53. The average Bonchev–Trinajstić information content (AvgIpc) is 2.78. The third kappa shape index (κ3) is 2.40. The molecule has 4 aliphatic carbocycles. The Bertz CT molecular complexity index is 542. The first-order valence-electron chi connectivity index (χ1n) is 8.97. The quantitative estimate of drug-likeness (QED) is 0.798. The van der Waals surface area contributed by atoms with Crippen LogP contribution >= 0.6 is 0 Å². The smallest absolute Gasteiger partial charge is 0.226 e. The number of rotatable bonds is 3. The van der Waals surface area contributed by atoms with Crippen molar-refractivity contribution in [3.8, 4) is 0 Å². The molecule has 124 valence electrons. The van der Waals surface area contributed by atoms with Crippen LogP contribution < -0.4 is 0 Å². The number of carbonyl (C=O) groups excluding carboxylic acids is 1. The Morgan fingerprint density at radius 3 is 2.09 bits per heavy atom. The van der Waals surface area contributed by atoms with Gasteiger partial charge in [-0.3, -0.25) is 4.79 Å². The SMILES string of the molecule is CCN(C(=O)C1C2CC3CC(C2)CC1C3)C1CCS(=O)(=O)C1. The number of amides is 1. The second-order valence-corrected chi connectivity index (χ2v) is 10.4. The molecule has 4 nitrogen and oxygen atoms in total. The first-order chi connectivity index (χ1) is 10.5. The van der Waals surface area contributed by atoms with Gasteiger partial charge in [0.15, 0.2) is 9.84 Å². The van der Waals surface area contributed by atoms with Crippen molar-refractivity contribution in [2.24, 2.45) is 29.6 Å². The van der Waals surface area contributed by atoms with Crippen LogP contribution in [0.2, 0.25) is 0 Å². The molecule has 22 heavy (non-hydrogen) atoms. The van der Waals surface area contributed by atoms with Crippen molar-refractivity contribution in [2.45, 2.75) is 51.5 Å². The maximum atomic E-state index is 13.2. The zero-order valence-corrected chi connectivity index (χ0v) is 14.2. The summed E-state index contributed by atoms with van der Waals surface area (Å²) in [4.78, 5) is 15.1. The number of carbonyl (C=O) groups is 1. The summed E-state index contributed by atoms with van der Waals surface area (Å²) in [6.07, 6.45) is 6.99. The molecule has 1 amide bonds. The predicted octanol–water partition coefficient (Wildman–Crippen LogP) is 2.09. The fraction of sp³-hybridized carbons (Fsp3) is 0.941. The minimum absolute atomic E-state index is 0.0697. The third-order valence-corrected chi connectivity index (χ3v) is 8.54. The van der Waals surface area contributed by atoms with Gasteiger partial charge in [0.1, 0.15) is 0 Å². The van der Waals surface area contributed by atoms with Crippen molar-refractivity contribution in [3.05, 3.63) is 0 Å². The fourth-order valence-corrected chi connectivity index (χ4v) is 7.87. The van der Waals surface area contributed by atoms with Crippen molar-refractivity contribution in [1.82, 2.24) is 4.90 Å². The summed E-state index contributed by atoms with van der Waals surface area (Å²) >= 11 is 0. The van der Waals surface area contributed by atoms with Crippen LogP contribution in [0.15, 0.2) is 0 Å². The predicted molar refractivity (Wildman–Crippen MR) is 85.0 cm³/mol. The van der Waals surface area contributed by atoms with E-state index in [-0.39, 0.29) is 29.4 Å². The molecule has 0 radical (unpaired) electrons. The van der Waals surface area contributed by atoms with Crippen LogP contribution in [-0.2, 0) is 14.6 Å². The maximum Gasteiger partial charge on any atom is 0.226 e. The van der Waals surface area contributed by atoms with E-state index in [0.717, 1.165) is 11.8 Å². The summed E-state index contributed by atoms with van der Waals surface area (Å²) in [5.74, 6) is 3.80. The van der Waals surface area contributed by atoms with E-state index in [1.807, 2.05) is 11.8 Å². The first kappa shape index (κ1) is 15.0. The minimum Gasteiger partial charge on any atom is -0.339 e. The molecule has 0 aromatic rings. The van der Waals surface area contributed by atoms with Crippen molar-refractivity contribution < 1.29 is 13.2 Å². The van der Waals surface area contributed by atoms with Crippen LogP contribution in [0.25, 0.3) is 0 Å². The lowest BCUT2D eigenvalue weighted by Gasteiger charge is -2.54. The summed E-state index contributed by atoms with van der Waals surface area (Å²) in [6.45, 7) is 2.65. The van der Waals surface area contributed by atoms with Gasteiger partial charge in [0, 0.05) is 18.5 Å². The first-order valence-corrected chi connectivity index (χ1v) is 10.8. The van der Waals surface area contributed by atoms with Crippen molar-refractivity contribution in [1.29, 1.82) is 0 Å². The molecule has 1 atom stereocenters. The van der Waals surface area contributed by atoms with E-state index in [9.17, 15) is 13.2 Å². The molecule has 5 heteroatoms. The molecule has 1 heterocycles. The lowest BCUT2D eigenvalue weighted by Crippen LogP contribution is -2.54. The van der Waals surface area contributed by atoms with Crippen molar-refractivity contribution in [3.63, 3.8) is 0 Å². The van der Waals surface area contributed by atoms with E-state index in [4.69, 9.17) is 0 Å². The van der Waals surface area contributed by atoms with E-state index >= 15 is 0 Å². The van der Waals surface area contributed by atoms with Gasteiger partial charge in [-0.05, 0) is 69.1 Å². The third-order valence-electron chi connectivity index (χ3n) is 6.78. The van der Waals surface area contributed by atoms with Crippen LogP contribution in [0, 0.1) is 29.6 Å². The highest BCUT2D eigenvalue weighted by Gasteiger charge is 2.52. The Morgan fingerprint density at radius 1 is 1.05 bits per heavy atom. The Labute approximate surface area is 133 Å². The van der Waals surface area contributed by atoms with Crippen LogP contribution in [-0.4, -0.2) is 43.3 Å². The van der Waals surface area contributed by atoms with Gasteiger partial charge in [-0.1, -0.05) is 0 Å². The zero-order valence-electron chi connectivity index (χ0n) is 13.4. The highest BCUT2D eigenvalue weighted by molar-refractivity contribution is 7.91. The summed E-state index contributed by atoms with van der Waals surface area (Å²) < 4.78 is 23.5. The molecule has 5 aliphatic rings. The Morgan fingerprint density at radius 2 is 1.64 bits per heavy atom. The highest BCUT2D eigenvalue weighted by Crippen LogP contribution is 2.57. The summed E-state index contributed by atoms with van der Waals surface area (Å²) in [6, 6.07) is -0.0697. The molecule has 5 fully saturated rings. The topological polar surface area (TPSA) is 54.5 Å². The van der Waals surface area contributed by atoms with Gasteiger partial charge in [0.25, 0.3) is 0 Å². The fourth-order valence-electron chi connectivity index (χ4n) is 6.14. The van der Waals surface area contributed by atoms with E-state index in [2.05, 4.69) is 0 Å². The molecule has 1 unspecified atom stereocenters. The molecule has 4 bridgehead atoms. The van der Waals surface area contributed by atoms with Gasteiger partial charge in [0.2, 0.25) is 5.91 Å². The van der Waals surface area contributed by atoms with Gasteiger partial charge >= 0.3 is 0 Å². The summed E-state index contributed by atoms with van der Waals surface area (Å²) in [7, 11) is -2.93. The normalized spacial score (nSPS) is 45.1. The van der Waals surface area contributed by atoms with Crippen LogP contribution in [0.3, 0.4) is 0 Å². The highest BCUT2D eigenvalue weighted by atomic mass is 32.2. The van der Waals surface area contributed by atoms with Gasteiger partial charge in [-0.15, -0.1) is 0 Å². The molecule has 5 rings (SSSR count). The minimum atomic E-state index is -2.93. The molecule has 4 saturated carbocycles. The molecular formula is C17H27NO3S. The zero-order chi connectivity index (χ0) is 15.5. The van der Waals surface area contributed by atoms with Gasteiger partial charge < -0.3 is 4.90 Å². The molecular weight excluding hydrogens is 298 g/mol. The van der Waals surface area contributed by atoms with Crippen LogP contribution in [0.4, 0.5) is 0 Å². The number of sulfone groups is 1. The number of hydrogen-bond donors (Lipinski definition) is 0. The van der Waals surface area contributed by atoms with Crippen LogP contribution in [0.5, 0.6) is 0 Å². The van der Waals surface area contributed by atoms with E-state index in [0.29, 0.717) is 24.8 Å². The summed E-state index contributed by atoms with van der Waals surface area (Å²) in [5, 5.41) is 0. The van der Waals surface area contributed by atoms with Gasteiger partial charge in [-0.25, -0.2) is 8.42 Å². The van der Waals surface area contributed by atoms with E-state index < -0.39 is 9.84 Å². The molecule has 0 aromatic carbocycles. The molecule has 0 aromatic heterocycles. The molecule has 1 aliphatic heterocycles. The number of hydrogen-bond acceptors (Lipinski definition) is 3. The standard InChI is InChI=1S/C17H27NO3S/c1-2-18(15-3-4-22(20,21)10-15)17(19)16-13-6-11-5-12(8-13)9-14(16)7-11/h11-16H,2-10H2,1H3. The maximum absolute atomic E-state index is 13.2. The second-order valence-electron chi connectivity index (χ2n) is 8.14. The molecule has 0 N–H and O–H groups in total. The molecule has 0 spiro atoms. The van der Waals surface area contributed by atoms with Gasteiger partial charge in [-0.2, -0.15) is 0 Å². The number of nitrogens with zero attached hydrogens (tertiary/aromatic N) is 1. The largest absolute Gasteiger partial charge is 0.339 e. The average molecular weight is 325 g/mol. The lowest BCUT2D eigenvalue weighted by molar-refractivity contribution is -0.150. The lowest BCUT2D eigenvalue weighted by atomic mass is 9.51. The Hall–Kier alpha value is -0.580. The van der Waals surface area contributed by atoms with Crippen LogP contribution in [0.1, 0.15) is 45.4 Å². The second kappa shape index (κ2) is 5.22. The van der Waals surface area contributed by atoms with Gasteiger partial charge in [0.05, 0.1) is 11.5 Å². The monoisotopic (exact) mass is 325 g/mol. The Kier molecular flexibility index (Phi) is 3.55. The van der Waals surface area contributed by atoms with E-state index in [1.165, 1.54) is 32.1 Å². The van der Waals surface area contributed by atoms with Crippen molar-refractivity contribution in [2.75, 3.05) is 18.1 Å². The molecule has 1 saturated heterocycles.